The van der Waals surface area contributed by atoms with Crippen molar-refractivity contribution in [1.82, 2.24) is 15.1 Å². The normalized spacial score (nSPS) is 16.3. The summed E-state index contributed by atoms with van der Waals surface area (Å²) in [5.41, 5.74) is 2.42. The van der Waals surface area contributed by atoms with Crippen LogP contribution in [0.2, 0.25) is 0 Å². The summed E-state index contributed by atoms with van der Waals surface area (Å²) in [6, 6.07) is 12.9. The summed E-state index contributed by atoms with van der Waals surface area (Å²) in [6.07, 6.45) is 0. The third-order valence-corrected chi connectivity index (χ3v) is 6.91. The van der Waals surface area contributed by atoms with Crippen molar-refractivity contribution in [3.8, 4) is 0 Å². The fraction of sp³-hybridized carbons (Fsp3) is 0.316. The van der Waals surface area contributed by atoms with Gasteiger partial charge in [-0.25, -0.2) is 8.42 Å². The van der Waals surface area contributed by atoms with E-state index >= 15 is 0 Å². The van der Waals surface area contributed by atoms with Gasteiger partial charge >= 0.3 is 0 Å². The van der Waals surface area contributed by atoms with E-state index in [0.717, 1.165) is 37.4 Å². The third-order valence-electron chi connectivity index (χ3n) is 5.02. The molecule has 1 aliphatic rings. The second kappa shape index (κ2) is 6.41. The van der Waals surface area contributed by atoms with Crippen molar-refractivity contribution in [3.05, 3.63) is 48.0 Å². The molecule has 136 valence electrons. The van der Waals surface area contributed by atoms with Crippen LogP contribution >= 0.6 is 0 Å². The summed E-state index contributed by atoms with van der Waals surface area (Å²) >= 11 is 0. The van der Waals surface area contributed by atoms with Gasteiger partial charge in [-0.1, -0.05) is 18.2 Å². The lowest BCUT2D eigenvalue weighted by molar-refractivity contribution is 0.313. The van der Waals surface area contributed by atoms with Crippen LogP contribution in [0.5, 0.6) is 0 Å². The maximum Gasteiger partial charge on any atom is 0.224 e. The van der Waals surface area contributed by atoms with E-state index in [2.05, 4.69) is 27.0 Å². The molecule has 4 rings (SSSR count). The van der Waals surface area contributed by atoms with Gasteiger partial charge in [0, 0.05) is 37.3 Å². The van der Waals surface area contributed by atoms with E-state index in [-0.39, 0.29) is 5.03 Å². The third kappa shape index (κ3) is 2.87. The second-order valence-electron chi connectivity index (χ2n) is 6.81. The standard InChI is InChI=1S/C19H22N4O2S/c1-14-5-3-4-6-18(14)26(24,25)19-16-13-15(7-8-17(16)20-21-19)23-11-9-22(2)10-12-23/h3-8,13H,9-12H2,1-2H3,(H,20,21). The Labute approximate surface area is 153 Å². The second-order valence-corrected chi connectivity index (χ2v) is 8.67. The minimum atomic E-state index is -3.65. The Morgan fingerprint density at radius 1 is 1.04 bits per heavy atom. The summed E-state index contributed by atoms with van der Waals surface area (Å²) in [5, 5.41) is 7.77. The molecule has 0 unspecified atom stereocenters. The number of anilines is 1. The van der Waals surface area contributed by atoms with Gasteiger partial charge in [-0.2, -0.15) is 5.10 Å². The fourth-order valence-electron chi connectivity index (χ4n) is 3.41. The Balaban J connectivity index is 1.79. The number of fused-ring (bicyclic) bond motifs is 1. The minimum absolute atomic E-state index is 0.165. The molecule has 1 aromatic heterocycles. The van der Waals surface area contributed by atoms with Crippen molar-refractivity contribution in [1.29, 1.82) is 0 Å². The van der Waals surface area contributed by atoms with Crippen LogP contribution in [0.25, 0.3) is 10.9 Å². The van der Waals surface area contributed by atoms with E-state index in [0.29, 0.717) is 15.8 Å². The van der Waals surface area contributed by atoms with Gasteiger partial charge in [-0.05, 0) is 43.8 Å². The van der Waals surface area contributed by atoms with E-state index in [1.807, 2.05) is 24.3 Å². The molecule has 0 amide bonds. The van der Waals surface area contributed by atoms with Gasteiger partial charge in [0.2, 0.25) is 9.84 Å². The number of hydrogen-bond acceptors (Lipinski definition) is 5. The Hall–Kier alpha value is -2.38. The van der Waals surface area contributed by atoms with Gasteiger partial charge in [0.15, 0.2) is 5.03 Å². The zero-order chi connectivity index (χ0) is 18.3. The van der Waals surface area contributed by atoms with Crippen LogP contribution in [0.4, 0.5) is 5.69 Å². The molecule has 7 heteroatoms. The molecule has 1 N–H and O–H groups in total. The molecule has 1 aliphatic heterocycles. The lowest BCUT2D eigenvalue weighted by Gasteiger charge is -2.34. The summed E-state index contributed by atoms with van der Waals surface area (Å²) in [7, 11) is -1.54. The molecule has 3 aromatic rings. The molecule has 0 saturated carbocycles. The van der Waals surface area contributed by atoms with Crippen LogP contribution in [0.1, 0.15) is 5.56 Å². The van der Waals surface area contributed by atoms with Crippen LogP contribution < -0.4 is 4.90 Å². The number of aromatic amines is 1. The molecule has 0 radical (unpaired) electrons. The van der Waals surface area contributed by atoms with E-state index in [1.165, 1.54) is 0 Å². The summed E-state index contributed by atoms with van der Waals surface area (Å²) < 4.78 is 26.3. The number of aromatic nitrogens is 2. The number of nitrogens with zero attached hydrogens (tertiary/aromatic N) is 3. The average molecular weight is 370 g/mol. The van der Waals surface area contributed by atoms with Gasteiger partial charge in [0.25, 0.3) is 0 Å². The molecule has 0 atom stereocenters. The van der Waals surface area contributed by atoms with E-state index in [4.69, 9.17) is 0 Å². The highest BCUT2D eigenvalue weighted by molar-refractivity contribution is 7.91. The van der Waals surface area contributed by atoms with Gasteiger partial charge in [-0.15, -0.1) is 0 Å². The number of sulfone groups is 1. The first-order valence-electron chi connectivity index (χ1n) is 8.69. The van der Waals surface area contributed by atoms with Gasteiger partial charge in [0.1, 0.15) is 0 Å². The van der Waals surface area contributed by atoms with Crippen LogP contribution in [0.15, 0.2) is 52.4 Å². The van der Waals surface area contributed by atoms with Gasteiger partial charge < -0.3 is 9.80 Å². The first-order chi connectivity index (χ1) is 12.5. The predicted octanol–water partition coefficient (Wildman–Crippen LogP) is 2.46. The first-order valence-corrected chi connectivity index (χ1v) is 10.2. The molecular formula is C19H22N4O2S. The van der Waals surface area contributed by atoms with Crippen LogP contribution in [0, 0.1) is 6.92 Å². The highest BCUT2D eigenvalue weighted by atomic mass is 32.2. The van der Waals surface area contributed by atoms with E-state index in [1.54, 1.807) is 25.1 Å². The number of benzene rings is 2. The van der Waals surface area contributed by atoms with E-state index < -0.39 is 9.84 Å². The zero-order valence-corrected chi connectivity index (χ0v) is 15.8. The largest absolute Gasteiger partial charge is 0.369 e. The lowest BCUT2D eigenvalue weighted by atomic mass is 10.2. The summed E-state index contributed by atoms with van der Waals surface area (Å²) in [5.74, 6) is 0. The van der Waals surface area contributed by atoms with Gasteiger partial charge in [0.05, 0.1) is 10.4 Å². The highest BCUT2D eigenvalue weighted by Crippen LogP contribution is 2.30. The first kappa shape index (κ1) is 17.1. The number of piperazine rings is 1. The Morgan fingerprint density at radius 3 is 2.50 bits per heavy atom. The molecule has 0 bridgehead atoms. The van der Waals surface area contributed by atoms with Crippen molar-refractivity contribution >= 4 is 26.4 Å². The molecule has 1 fully saturated rings. The molecule has 6 nitrogen and oxygen atoms in total. The maximum absolute atomic E-state index is 13.2. The molecular weight excluding hydrogens is 348 g/mol. The highest BCUT2D eigenvalue weighted by Gasteiger charge is 2.25. The van der Waals surface area contributed by atoms with Crippen LogP contribution in [-0.2, 0) is 9.84 Å². The summed E-state index contributed by atoms with van der Waals surface area (Å²) in [6.45, 7) is 5.66. The minimum Gasteiger partial charge on any atom is -0.369 e. The number of H-pyrrole nitrogens is 1. The molecule has 0 spiro atoms. The summed E-state index contributed by atoms with van der Waals surface area (Å²) in [4.78, 5) is 4.90. The van der Waals surface area contributed by atoms with Crippen molar-refractivity contribution in [3.63, 3.8) is 0 Å². The number of nitrogens with one attached hydrogen (secondary N) is 1. The van der Waals surface area contributed by atoms with E-state index in [9.17, 15) is 8.42 Å². The smallest absolute Gasteiger partial charge is 0.224 e. The zero-order valence-electron chi connectivity index (χ0n) is 14.9. The molecule has 1 saturated heterocycles. The van der Waals surface area contributed by atoms with Gasteiger partial charge in [-0.3, -0.25) is 5.10 Å². The van der Waals surface area contributed by atoms with Crippen molar-refractivity contribution in [2.24, 2.45) is 0 Å². The average Bonchev–Trinajstić information content (AvgIpc) is 3.06. The topological polar surface area (TPSA) is 69.3 Å². The predicted molar refractivity (Wildman–Crippen MR) is 102 cm³/mol. The molecule has 2 aromatic carbocycles. The molecule has 0 aliphatic carbocycles. The SMILES string of the molecule is Cc1ccccc1S(=O)(=O)c1[nH]nc2ccc(N3CCN(C)CC3)cc12. The Bertz CT molecular complexity index is 1050. The maximum atomic E-state index is 13.2. The Kier molecular flexibility index (Phi) is 4.20. The van der Waals surface area contributed by atoms with Crippen molar-refractivity contribution < 1.29 is 8.42 Å². The van der Waals surface area contributed by atoms with Crippen molar-refractivity contribution in [2.75, 3.05) is 38.1 Å². The monoisotopic (exact) mass is 370 g/mol. The molecule has 2 heterocycles. The van der Waals surface area contributed by atoms with Crippen LogP contribution in [0.3, 0.4) is 0 Å². The Morgan fingerprint density at radius 2 is 1.77 bits per heavy atom. The van der Waals surface area contributed by atoms with Crippen molar-refractivity contribution in [2.45, 2.75) is 16.8 Å². The molecule has 26 heavy (non-hydrogen) atoms. The van der Waals surface area contributed by atoms with Crippen LogP contribution in [-0.4, -0.2) is 56.7 Å². The quantitative estimate of drug-likeness (QED) is 0.767. The number of aryl methyl sites for hydroxylation is 1. The fourth-order valence-corrected chi connectivity index (χ4v) is 5.00. The number of rotatable bonds is 3. The lowest BCUT2D eigenvalue weighted by Crippen LogP contribution is -2.44. The number of likely N-dealkylation sites (N-methyl/N-ethyl adjacent to an activating group) is 1. The number of hydrogen-bond donors (Lipinski definition) is 1.